The molecule has 1 aliphatic rings. The van der Waals surface area contributed by atoms with Gasteiger partial charge in [-0.1, -0.05) is 0 Å². The quantitative estimate of drug-likeness (QED) is 0.395. The number of carbonyl (C=O) groups is 1. The third kappa shape index (κ3) is 2.31. The Kier molecular flexibility index (Phi) is 3.62. The van der Waals surface area contributed by atoms with Crippen LogP contribution in [0.15, 0.2) is 11.6 Å². The maximum absolute atomic E-state index is 11.2. The summed E-state index contributed by atoms with van der Waals surface area (Å²) in [5, 5.41) is 27.7. The monoisotopic (exact) mass is 204 g/mol. The van der Waals surface area contributed by atoms with E-state index in [1.165, 1.54) is 6.08 Å². The number of hydrogen-bond donors (Lipinski definition) is 3. The summed E-state index contributed by atoms with van der Waals surface area (Å²) in [5.41, 5.74) is 0.206. The van der Waals surface area contributed by atoms with Crippen LogP contribution in [0.3, 0.4) is 0 Å². The van der Waals surface area contributed by atoms with Gasteiger partial charge in [0, 0.05) is 12.0 Å². The summed E-state index contributed by atoms with van der Waals surface area (Å²) in [7, 11) is 0. The van der Waals surface area contributed by atoms with Gasteiger partial charge < -0.3 is 20.1 Å². The molecule has 80 valence electrons. The van der Waals surface area contributed by atoms with Crippen molar-refractivity contribution in [2.24, 2.45) is 0 Å². The van der Waals surface area contributed by atoms with Crippen LogP contribution in [-0.2, 0) is 9.53 Å². The summed E-state index contributed by atoms with van der Waals surface area (Å²) >= 11 is 0. The third-order valence-corrected chi connectivity index (χ3v) is 2.08. The molecule has 0 bridgehead atoms. The van der Waals surface area contributed by atoms with E-state index in [4.69, 9.17) is 4.74 Å². The first-order valence-electron chi connectivity index (χ1n) is 4.48. The average molecular weight is 204 g/mol. The van der Waals surface area contributed by atoms with Gasteiger partial charge in [-0.05, 0) is 13.0 Å². The molecule has 3 atom stereocenters. The van der Waals surface area contributed by atoms with Crippen LogP contribution < -0.4 is 0 Å². The smallest absolute Gasteiger partial charge is 0.333 e. The van der Waals surface area contributed by atoms with Crippen molar-refractivity contribution in [1.29, 1.82) is 0 Å². The molecule has 0 aromatic heterocycles. The summed E-state index contributed by atoms with van der Waals surface area (Å²) in [5.74, 6) is -0.558. The van der Waals surface area contributed by atoms with Gasteiger partial charge in [0.25, 0.3) is 0 Å². The molecule has 5 heteroatoms. The number of carbonyl (C=O) groups excluding carboxylic acids is 1. The molecule has 0 unspecified atom stereocenters. The fourth-order valence-corrected chi connectivity index (χ4v) is 1.32. The number of aliphatic hydroxyl groups excluding tert-OH is 3. The van der Waals surface area contributed by atoms with E-state index >= 15 is 0 Å². The van der Waals surface area contributed by atoms with Crippen LogP contribution in [0.4, 0.5) is 0 Å². The third-order valence-electron chi connectivity index (χ3n) is 2.08. The van der Waals surface area contributed by atoms with Crippen LogP contribution in [-0.4, -0.2) is 46.2 Å². The predicted octanol–water partition coefficient (Wildman–Crippen LogP) is -1.04. The van der Waals surface area contributed by atoms with Crippen molar-refractivity contribution >= 4 is 5.97 Å². The lowest BCUT2D eigenvalue weighted by Crippen LogP contribution is -2.41. The van der Waals surface area contributed by atoms with Crippen LogP contribution in [0.2, 0.25) is 0 Å². The molecule has 3 N–H and O–H groups in total. The Morgan fingerprint density at radius 2 is 2.21 bits per heavy atom. The van der Waals surface area contributed by atoms with Gasteiger partial charge in [0.05, 0.1) is 12.7 Å². The van der Waals surface area contributed by atoms with Gasteiger partial charge in [-0.2, -0.15) is 0 Å². The maximum atomic E-state index is 11.2. The Morgan fingerprint density at radius 3 is 2.71 bits per heavy atom. The lowest BCUT2D eigenvalue weighted by atomic mass is 10.0. The van der Waals surface area contributed by atoms with Crippen LogP contribution in [0.25, 0.3) is 0 Å². The minimum atomic E-state index is -1.23. The van der Waals surface area contributed by atoms with Crippen molar-refractivity contribution < 1.29 is 24.9 Å². The highest BCUT2D eigenvalue weighted by atomic mass is 16.6. The van der Waals surface area contributed by atoms with E-state index in [1.54, 1.807) is 6.92 Å². The maximum Gasteiger partial charge on any atom is 0.333 e. The molecule has 0 saturated carbocycles. The number of hydrogen-bond acceptors (Lipinski definition) is 5. The number of esters is 1. The van der Waals surface area contributed by atoms with E-state index in [-0.39, 0.29) is 18.6 Å². The van der Waals surface area contributed by atoms with Gasteiger partial charge in [0.1, 0.15) is 12.2 Å². The minimum absolute atomic E-state index is 0.0110. The van der Waals surface area contributed by atoms with E-state index in [2.05, 4.69) is 0 Å². The van der Waals surface area contributed by atoms with Gasteiger partial charge in [-0.15, -0.1) is 0 Å². The predicted molar refractivity (Wildman–Crippen MR) is 47.4 cm³/mol. The summed E-state index contributed by atoms with van der Waals surface area (Å²) < 4.78 is 4.70. The van der Waals surface area contributed by atoms with Crippen LogP contribution in [0, 0.1) is 0 Å². The zero-order valence-corrected chi connectivity index (χ0v) is 7.88. The Balaban J connectivity index is 2.71. The summed E-state index contributed by atoms with van der Waals surface area (Å²) in [6.07, 6.45) is -2.33. The fourth-order valence-electron chi connectivity index (χ4n) is 1.32. The van der Waals surface area contributed by atoms with Crippen LogP contribution in [0.1, 0.15) is 13.3 Å². The Morgan fingerprint density at radius 1 is 1.57 bits per heavy atom. The molecule has 1 aliphatic carbocycles. The van der Waals surface area contributed by atoms with Crippen molar-refractivity contribution in [1.82, 2.24) is 0 Å². The molecular weight excluding hydrogens is 190 g/mol. The zero-order chi connectivity index (χ0) is 10.7. The normalized spacial score (nSPS) is 32.3. The van der Waals surface area contributed by atoms with E-state index in [9.17, 15) is 20.1 Å². The lowest BCUT2D eigenvalue weighted by Gasteiger charge is -2.26. The Labute approximate surface area is 81.6 Å². The highest BCUT2D eigenvalue weighted by molar-refractivity contribution is 5.88. The summed E-state index contributed by atoms with van der Waals surface area (Å²) in [6.45, 7) is 1.91. The summed E-state index contributed by atoms with van der Waals surface area (Å²) in [6, 6.07) is 0. The van der Waals surface area contributed by atoms with E-state index in [0.29, 0.717) is 0 Å². The SMILES string of the molecule is CCO[13C](=O)[13C]1=C[C@@H](O)[C@@H](O)[C@H](O)C1. The van der Waals surface area contributed by atoms with Gasteiger partial charge >= 0.3 is 5.97 Å². The lowest BCUT2D eigenvalue weighted by molar-refractivity contribution is -0.140. The first-order chi connectivity index (χ1) is 6.56. The van der Waals surface area contributed by atoms with Gasteiger partial charge in [-0.25, -0.2) is 4.79 Å². The average Bonchev–Trinajstić information content (AvgIpc) is 2.13. The van der Waals surface area contributed by atoms with Crippen molar-refractivity contribution in [2.45, 2.75) is 31.7 Å². The second-order valence-corrected chi connectivity index (χ2v) is 3.17. The Hall–Kier alpha value is -0.910. The molecule has 1 rings (SSSR count). The first-order valence-corrected chi connectivity index (χ1v) is 4.48. The van der Waals surface area contributed by atoms with Crippen LogP contribution >= 0.6 is 0 Å². The second kappa shape index (κ2) is 4.54. The van der Waals surface area contributed by atoms with E-state index in [1.807, 2.05) is 0 Å². The molecular formula is C9H14O5. The molecule has 0 amide bonds. The Bertz CT molecular complexity index is 248. The molecule has 0 heterocycles. The topological polar surface area (TPSA) is 87.0 Å². The highest BCUT2D eigenvalue weighted by Crippen LogP contribution is 2.20. The molecule has 0 saturated heterocycles. The van der Waals surface area contributed by atoms with Crippen LogP contribution in [0.5, 0.6) is 0 Å². The standard InChI is InChI=1S/C9H14O5/c1-2-14-9(13)5-3-6(10)8(12)7(11)4-5/h3,6-8,10-12H,2,4H2,1H3/t6-,7-,8-/m1/s1/i5+1,9+1. The molecule has 0 fully saturated rings. The molecule has 0 aromatic rings. The minimum Gasteiger partial charge on any atom is -0.463 e. The molecule has 5 nitrogen and oxygen atoms in total. The van der Waals surface area contributed by atoms with Crippen molar-refractivity contribution in [3.8, 4) is 0 Å². The van der Waals surface area contributed by atoms with Gasteiger partial charge in [0.15, 0.2) is 0 Å². The van der Waals surface area contributed by atoms with E-state index in [0.717, 1.165) is 0 Å². The van der Waals surface area contributed by atoms with Gasteiger partial charge in [-0.3, -0.25) is 0 Å². The van der Waals surface area contributed by atoms with Crippen molar-refractivity contribution in [3.63, 3.8) is 0 Å². The number of rotatable bonds is 2. The molecule has 14 heavy (non-hydrogen) atoms. The highest BCUT2D eigenvalue weighted by Gasteiger charge is 2.31. The number of ether oxygens (including phenoxy) is 1. The molecule has 0 radical (unpaired) electrons. The van der Waals surface area contributed by atoms with Crippen molar-refractivity contribution in [3.05, 3.63) is 11.6 Å². The molecule has 0 spiro atoms. The molecule has 0 aliphatic heterocycles. The fraction of sp³-hybridized carbons (Fsp3) is 0.667. The van der Waals surface area contributed by atoms with E-state index < -0.39 is 24.3 Å². The summed E-state index contributed by atoms with van der Waals surface area (Å²) in [4.78, 5) is 11.2. The zero-order valence-electron chi connectivity index (χ0n) is 7.88. The number of aliphatic hydroxyl groups is 3. The van der Waals surface area contributed by atoms with Gasteiger partial charge in [0.2, 0.25) is 0 Å². The second-order valence-electron chi connectivity index (χ2n) is 3.17. The largest absolute Gasteiger partial charge is 0.463 e. The first kappa shape index (κ1) is 11.2. The van der Waals surface area contributed by atoms with Crippen molar-refractivity contribution in [2.75, 3.05) is 6.61 Å². The molecule has 0 aromatic carbocycles.